The minimum absolute atomic E-state index is 0.120. The highest BCUT2D eigenvalue weighted by Crippen LogP contribution is 2.22. The molecule has 1 saturated heterocycles. The maximum absolute atomic E-state index is 10.8. The van der Waals surface area contributed by atoms with E-state index in [0.717, 1.165) is 12.8 Å². The second kappa shape index (κ2) is 4.18. The number of hydrogen-bond donors (Lipinski definition) is 0. The lowest BCUT2D eigenvalue weighted by molar-refractivity contribution is 0.0472. The molecule has 0 N–H and O–H groups in total. The largest absolute Gasteiger partial charge is 0.304 e. The maximum Gasteiger partial charge on any atom is 0.304 e. The first-order chi connectivity index (χ1) is 5.27. The van der Waals surface area contributed by atoms with Gasteiger partial charge in [-0.1, -0.05) is 13.8 Å². The molecule has 1 aliphatic rings. The fourth-order valence-corrected chi connectivity index (χ4v) is 2.08. The minimum Gasteiger partial charge on any atom is -0.268 e. The average molecular weight is 178 g/mol. The minimum atomic E-state index is -1.49. The average Bonchev–Trinajstić information content (AvgIpc) is 2.04. The monoisotopic (exact) mass is 178 g/mol. The summed E-state index contributed by atoms with van der Waals surface area (Å²) in [5.74, 6) is 0.415. The highest BCUT2D eigenvalue weighted by atomic mass is 32.2. The van der Waals surface area contributed by atoms with Crippen LogP contribution in [0.5, 0.6) is 0 Å². The van der Waals surface area contributed by atoms with Crippen molar-refractivity contribution >= 4 is 11.4 Å². The van der Waals surface area contributed by atoms with Crippen LogP contribution in [0.4, 0.5) is 0 Å². The van der Waals surface area contributed by atoms with Crippen LogP contribution in [0.1, 0.15) is 26.7 Å². The molecule has 1 rings (SSSR count). The third kappa shape index (κ3) is 2.25. The Labute approximate surface area is 69.9 Å². The van der Waals surface area contributed by atoms with Crippen LogP contribution in [0.25, 0.3) is 0 Å². The fourth-order valence-electron chi connectivity index (χ4n) is 1.24. The lowest BCUT2D eigenvalue weighted by atomic mass is 9.99. The first kappa shape index (κ1) is 9.16. The molecule has 0 bridgehead atoms. The Morgan fingerprint density at radius 3 is 2.73 bits per heavy atom. The van der Waals surface area contributed by atoms with Crippen molar-refractivity contribution in [3.05, 3.63) is 0 Å². The van der Waals surface area contributed by atoms with Gasteiger partial charge in [-0.25, -0.2) is 0 Å². The van der Waals surface area contributed by atoms with Gasteiger partial charge in [-0.05, 0) is 12.8 Å². The van der Waals surface area contributed by atoms with Gasteiger partial charge in [-0.3, -0.25) is 8.37 Å². The Morgan fingerprint density at radius 1 is 1.45 bits per heavy atom. The SMILES string of the molecule is CCC1COS(=O)OC1CC. The first-order valence-corrected chi connectivity index (χ1v) is 5.00. The van der Waals surface area contributed by atoms with Crippen LogP contribution in [0, 0.1) is 5.92 Å². The molecule has 3 unspecified atom stereocenters. The molecule has 3 nitrogen and oxygen atoms in total. The lowest BCUT2D eigenvalue weighted by Crippen LogP contribution is -2.33. The maximum atomic E-state index is 10.8. The van der Waals surface area contributed by atoms with Crippen molar-refractivity contribution in [3.8, 4) is 0 Å². The van der Waals surface area contributed by atoms with Crippen LogP contribution in [0.15, 0.2) is 0 Å². The molecular formula is C7H14O3S. The van der Waals surface area contributed by atoms with E-state index in [1.54, 1.807) is 0 Å². The van der Waals surface area contributed by atoms with Gasteiger partial charge in [0.2, 0.25) is 0 Å². The second-order valence-electron chi connectivity index (χ2n) is 2.70. The fraction of sp³-hybridized carbons (Fsp3) is 1.00. The third-order valence-corrected chi connectivity index (χ3v) is 2.77. The molecule has 3 atom stereocenters. The summed E-state index contributed by atoms with van der Waals surface area (Å²) in [5.41, 5.74) is 0. The summed E-state index contributed by atoms with van der Waals surface area (Å²) in [6, 6.07) is 0. The zero-order valence-electron chi connectivity index (χ0n) is 6.91. The van der Waals surface area contributed by atoms with Gasteiger partial charge < -0.3 is 0 Å². The van der Waals surface area contributed by atoms with Crippen molar-refractivity contribution in [2.24, 2.45) is 5.92 Å². The topological polar surface area (TPSA) is 35.5 Å². The van der Waals surface area contributed by atoms with Crippen LogP contribution >= 0.6 is 0 Å². The second-order valence-corrected chi connectivity index (χ2v) is 3.54. The Kier molecular flexibility index (Phi) is 3.48. The highest BCUT2D eigenvalue weighted by molar-refractivity contribution is 7.75. The van der Waals surface area contributed by atoms with Gasteiger partial charge >= 0.3 is 11.4 Å². The molecule has 0 aliphatic carbocycles. The van der Waals surface area contributed by atoms with Crippen molar-refractivity contribution in [1.82, 2.24) is 0 Å². The zero-order valence-corrected chi connectivity index (χ0v) is 7.73. The Balaban J connectivity index is 2.48. The van der Waals surface area contributed by atoms with Crippen LogP contribution in [0.2, 0.25) is 0 Å². The number of hydrogen-bond acceptors (Lipinski definition) is 3. The summed E-state index contributed by atoms with van der Waals surface area (Å²) in [7, 11) is 0. The van der Waals surface area contributed by atoms with Gasteiger partial charge in [0.05, 0.1) is 12.7 Å². The lowest BCUT2D eigenvalue weighted by Gasteiger charge is -2.27. The standard InChI is InChI=1S/C7H14O3S/c1-3-6-5-9-11(8)10-7(6)4-2/h6-7H,3-5H2,1-2H3. The molecule has 0 aromatic heterocycles. The van der Waals surface area contributed by atoms with Gasteiger partial charge in [0.1, 0.15) is 0 Å². The molecule has 0 amide bonds. The summed E-state index contributed by atoms with van der Waals surface area (Å²) in [6.45, 7) is 4.70. The van der Waals surface area contributed by atoms with E-state index in [9.17, 15) is 4.21 Å². The summed E-state index contributed by atoms with van der Waals surface area (Å²) in [4.78, 5) is 0. The Bertz CT molecular complexity index is 149. The molecule has 0 saturated carbocycles. The van der Waals surface area contributed by atoms with E-state index in [1.807, 2.05) is 6.92 Å². The summed E-state index contributed by atoms with van der Waals surface area (Å²) in [5, 5.41) is 0. The van der Waals surface area contributed by atoms with E-state index in [1.165, 1.54) is 0 Å². The molecule has 0 aromatic rings. The van der Waals surface area contributed by atoms with E-state index in [4.69, 9.17) is 8.37 Å². The predicted molar refractivity (Wildman–Crippen MR) is 43.0 cm³/mol. The van der Waals surface area contributed by atoms with Crippen molar-refractivity contribution in [3.63, 3.8) is 0 Å². The molecule has 1 heterocycles. The molecule has 1 aliphatic heterocycles. The molecule has 11 heavy (non-hydrogen) atoms. The van der Waals surface area contributed by atoms with E-state index < -0.39 is 11.4 Å². The van der Waals surface area contributed by atoms with Crippen molar-refractivity contribution in [1.29, 1.82) is 0 Å². The van der Waals surface area contributed by atoms with Gasteiger partial charge in [0.25, 0.3) is 0 Å². The van der Waals surface area contributed by atoms with Gasteiger partial charge in [-0.2, -0.15) is 4.21 Å². The van der Waals surface area contributed by atoms with Crippen LogP contribution in [-0.4, -0.2) is 16.9 Å². The zero-order chi connectivity index (χ0) is 8.27. The quantitative estimate of drug-likeness (QED) is 0.641. The molecule has 0 radical (unpaired) electrons. The van der Waals surface area contributed by atoms with E-state index in [2.05, 4.69) is 6.92 Å². The molecule has 0 spiro atoms. The van der Waals surface area contributed by atoms with Gasteiger partial charge in [-0.15, -0.1) is 0 Å². The summed E-state index contributed by atoms with van der Waals surface area (Å²) < 4.78 is 20.7. The van der Waals surface area contributed by atoms with Crippen molar-refractivity contribution in [2.75, 3.05) is 6.61 Å². The molecular weight excluding hydrogens is 164 g/mol. The normalized spacial score (nSPS) is 38.9. The summed E-state index contributed by atoms with van der Waals surface area (Å²) in [6.07, 6.45) is 2.05. The Morgan fingerprint density at radius 2 is 2.18 bits per heavy atom. The summed E-state index contributed by atoms with van der Waals surface area (Å²) >= 11 is -1.49. The predicted octanol–water partition coefficient (Wildman–Crippen LogP) is 1.42. The highest BCUT2D eigenvalue weighted by Gasteiger charge is 2.27. The van der Waals surface area contributed by atoms with Crippen LogP contribution < -0.4 is 0 Å². The smallest absolute Gasteiger partial charge is 0.268 e. The Hall–Kier alpha value is 0.0700. The van der Waals surface area contributed by atoms with E-state index in [0.29, 0.717) is 12.5 Å². The van der Waals surface area contributed by atoms with Gasteiger partial charge in [0.15, 0.2) is 0 Å². The number of rotatable bonds is 2. The van der Waals surface area contributed by atoms with E-state index >= 15 is 0 Å². The molecule has 66 valence electrons. The molecule has 1 fully saturated rings. The third-order valence-electron chi connectivity index (χ3n) is 2.03. The van der Waals surface area contributed by atoms with Crippen LogP contribution in [-0.2, 0) is 19.7 Å². The van der Waals surface area contributed by atoms with Crippen molar-refractivity contribution in [2.45, 2.75) is 32.8 Å². The molecule has 0 aromatic carbocycles. The first-order valence-electron chi connectivity index (χ1n) is 4.00. The molecule has 4 heteroatoms. The van der Waals surface area contributed by atoms with E-state index in [-0.39, 0.29) is 6.10 Å². The van der Waals surface area contributed by atoms with Crippen molar-refractivity contribution < 1.29 is 12.6 Å². The van der Waals surface area contributed by atoms with Crippen LogP contribution in [0.3, 0.4) is 0 Å². The van der Waals surface area contributed by atoms with Gasteiger partial charge in [0, 0.05) is 5.92 Å².